The summed E-state index contributed by atoms with van der Waals surface area (Å²) in [6.45, 7) is 0. The molecule has 16 heavy (non-hydrogen) atoms. The lowest BCUT2D eigenvalue weighted by molar-refractivity contribution is -0.174. The molecule has 0 radical (unpaired) electrons. The van der Waals surface area contributed by atoms with Gasteiger partial charge < -0.3 is 14.2 Å². The molecule has 2 fully saturated rings. The molecule has 0 aromatic heterocycles. The molecule has 0 spiro atoms. The fourth-order valence-corrected chi connectivity index (χ4v) is 2.00. The van der Waals surface area contributed by atoms with Gasteiger partial charge in [-0.2, -0.15) is 0 Å². The van der Waals surface area contributed by atoms with Gasteiger partial charge in [-0.05, 0) is 25.7 Å². The highest BCUT2D eigenvalue weighted by Crippen LogP contribution is 2.30. The van der Waals surface area contributed by atoms with Crippen LogP contribution in [0, 0.1) is 0 Å². The fraction of sp³-hybridized carbons (Fsp3) is 0.636. The molecule has 1 saturated heterocycles. The van der Waals surface area contributed by atoms with Crippen molar-refractivity contribution in [2.75, 3.05) is 7.11 Å². The van der Waals surface area contributed by atoms with Crippen LogP contribution in [0.4, 0.5) is 0 Å². The van der Waals surface area contributed by atoms with Gasteiger partial charge in [-0.1, -0.05) is 0 Å². The zero-order chi connectivity index (χ0) is 11.5. The van der Waals surface area contributed by atoms with Crippen LogP contribution in [0.3, 0.4) is 0 Å². The highest BCUT2D eigenvalue weighted by Gasteiger charge is 2.37. The molecule has 1 aliphatic heterocycles. The number of hydrogen-bond donors (Lipinski definition) is 0. The second-order valence-corrected chi connectivity index (χ2v) is 3.92. The van der Waals surface area contributed by atoms with E-state index in [1.165, 1.54) is 7.11 Å². The van der Waals surface area contributed by atoms with Crippen molar-refractivity contribution >= 4 is 11.9 Å². The molecule has 2 rings (SSSR count). The minimum Gasteiger partial charge on any atom is -0.479 e. The predicted molar refractivity (Wildman–Crippen MR) is 53.3 cm³/mol. The smallest absolute Gasteiger partial charge is 0.374 e. The van der Waals surface area contributed by atoms with Gasteiger partial charge in [0.15, 0.2) is 0 Å². The van der Waals surface area contributed by atoms with E-state index in [1.807, 2.05) is 0 Å². The lowest BCUT2D eigenvalue weighted by Gasteiger charge is -2.35. The third-order valence-electron chi connectivity index (χ3n) is 2.83. The highest BCUT2D eigenvalue weighted by molar-refractivity contribution is 5.95. The molecule has 0 bridgehead atoms. The van der Waals surface area contributed by atoms with E-state index < -0.39 is 11.9 Å². The number of ether oxygens (including phenoxy) is 3. The maximum atomic E-state index is 11.5. The highest BCUT2D eigenvalue weighted by atomic mass is 16.6. The van der Waals surface area contributed by atoms with Crippen LogP contribution in [-0.2, 0) is 23.8 Å². The normalized spacial score (nSPS) is 31.3. The largest absolute Gasteiger partial charge is 0.479 e. The zero-order valence-corrected chi connectivity index (χ0v) is 9.10. The Hall–Kier alpha value is -1.52. The molecule has 0 amide bonds. The summed E-state index contributed by atoms with van der Waals surface area (Å²) in [4.78, 5) is 22.5. The van der Waals surface area contributed by atoms with Crippen LogP contribution in [0.5, 0.6) is 0 Å². The van der Waals surface area contributed by atoms with Gasteiger partial charge in [-0.15, -0.1) is 0 Å². The standard InChI is InChI=1S/C11H14O5/c1-14-10(12)6-9-11(13)16-8-5-3-2-4-7(8)15-9/h6-8H,2-5H2,1H3/b9-6-/t7-,8+/m0/s1. The van der Waals surface area contributed by atoms with Crippen molar-refractivity contribution in [3.8, 4) is 0 Å². The van der Waals surface area contributed by atoms with Crippen LogP contribution in [0.15, 0.2) is 11.8 Å². The van der Waals surface area contributed by atoms with Gasteiger partial charge in [0.1, 0.15) is 12.2 Å². The van der Waals surface area contributed by atoms with E-state index in [0.29, 0.717) is 0 Å². The Balaban J connectivity index is 2.08. The summed E-state index contributed by atoms with van der Waals surface area (Å²) >= 11 is 0. The number of hydrogen-bond acceptors (Lipinski definition) is 5. The summed E-state index contributed by atoms with van der Waals surface area (Å²) in [6, 6.07) is 0. The molecule has 0 N–H and O–H groups in total. The van der Waals surface area contributed by atoms with E-state index in [0.717, 1.165) is 31.8 Å². The Kier molecular flexibility index (Phi) is 3.12. The Labute approximate surface area is 93.4 Å². The Morgan fingerprint density at radius 3 is 2.56 bits per heavy atom. The molecule has 5 heteroatoms. The SMILES string of the molecule is COC(=O)/C=C1\O[C@H]2CCCC[C@H]2OC1=O. The lowest BCUT2D eigenvalue weighted by Crippen LogP contribution is -2.42. The first-order valence-electron chi connectivity index (χ1n) is 5.38. The Morgan fingerprint density at radius 1 is 1.31 bits per heavy atom. The van der Waals surface area contributed by atoms with Crippen LogP contribution in [0.25, 0.3) is 0 Å². The van der Waals surface area contributed by atoms with Crippen LogP contribution in [-0.4, -0.2) is 31.3 Å². The van der Waals surface area contributed by atoms with E-state index >= 15 is 0 Å². The van der Waals surface area contributed by atoms with Gasteiger partial charge >= 0.3 is 11.9 Å². The van der Waals surface area contributed by atoms with Crippen LogP contribution in [0.1, 0.15) is 25.7 Å². The van der Waals surface area contributed by atoms with Crippen molar-refractivity contribution in [1.82, 2.24) is 0 Å². The van der Waals surface area contributed by atoms with E-state index in [2.05, 4.69) is 4.74 Å². The number of esters is 2. The average molecular weight is 226 g/mol. The maximum absolute atomic E-state index is 11.5. The van der Waals surface area contributed by atoms with Crippen LogP contribution < -0.4 is 0 Å². The molecule has 0 aromatic carbocycles. The minimum atomic E-state index is -0.610. The second-order valence-electron chi connectivity index (χ2n) is 3.92. The summed E-state index contributed by atoms with van der Waals surface area (Å²) in [6.07, 6.45) is 4.57. The molecule has 2 atom stereocenters. The molecular weight excluding hydrogens is 212 g/mol. The quantitative estimate of drug-likeness (QED) is 0.491. The monoisotopic (exact) mass is 226 g/mol. The van der Waals surface area contributed by atoms with Crippen molar-refractivity contribution in [2.24, 2.45) is 0 Å². The fourth-order valence-electron chi connectivity index (χ4n) is 2.00. The van der Waals surface area contributed by atoms with E-state index in [9.17, 15) is 9.59 Å². The van der Waals surface area contributed by atoms with E-state index in [1.54, 1.807) is 0 Å². The second kappa shape index (κ2) is 4.55. The number of fused-ring (bicyclic) bond motifs is 1. The molecule has 1 heterocycles. The number of carbonyl (C=O) groups excluding carboxylic acids is 2. The number of rotatable bonds is 1. The van der Waals surface area contributed by atoms with Crippen LogP contribution >= 0.6 is 0 Å². The van der Waals surface area contributed by atoms with E-state index in [-0.39, 0.29) is 18.0 Å². The summed E-state index contributed by atoms with van der Waals surface area (Å²) < 4.78 is 15.1. The van der Waals surface area contributed by atoms with Crippen molar-refractivity contribution in [2.45, 2.75) is 37.9 Å². The van der Waals surface area contributed by atoms with Gasteiger partial charge in [0.2, 0.25) is 5.76 Å². The predicted octanol–water partition coefficient (Wildman–Crippen LogP) is 0.928. The zero-order valence-electron chi connectivity index (χ0n) is 9.10. The molecule has 1 saturated carbocycles. The van der Waals surface area contributed by atoms with Gasteiger partial charge in [0, 0.05) is 0 Å². The molecule has 1 aliphatic carbocycles. The van der Waals surface area contributed by atoms with Crippen molar-refractivity contribution in [3.63, 3.8) is 0 Å². The first kappa shape index (κ1) is 11.0. The van der Waals surface area contributed by atoms with E-state index in [4.69, 9.17) is 9.47 Å². The van der Waals surface area contributed by atoms with Crippen LogP contribution in [0.2, 0.25) is 0 Å². The minimum absolute atomic E-state index is 0.0463. The third-order valence-corrected chi connectivity index (χ3v) is 2.83. The summed E-state index contributed by atoms with van der Waals surface area (Å²) in [5, 5.41) is 0. The van der Waals surface area contributed by atoms with Crippen molar-refractivity contribution in [1.29, 1.82) is 0 Å². The van der Waals surface area contributed by atoms with Crippen molar-refractivity contribution < 1.29 is 23.8 Å². The van der Waals surface area contributed by atoms with Crippen molar-refractivity contribution in [3.05, 3.63) is 11.8 Å². The average Bonchev–Trinajstić information content (AvgIpc) is 2.30. The van der Waals surface area contributed by atoms with Gasteiger partial charge in [0.25, 0.3) is 0 Å². The Morgan fingerprint density at radius 2 is 1.94 bits per heavy atom. The summed E-state index contributed by atoms with van der Waals surface area (Å²) in [5.41, 5.74) is 0. The third kappa shape index (κ3) is 2.18. The lowest BCUT2D eigenvalue weighted by atomic mass is 9.94. The Bertz CT molecular complexity index is 333. The summed E-state index contributed by atoms with van der Waals surface area (Å²) in [5.74, 6) is -1.23. The van der Waals surface area contributed by atoms with Gasteiger partial charge in [-0.3, -0.25) is 0 Å². The number of carbonyl (C=O) groups is 2. The molecule has 88 valence electrons. The molecular formula is C11H14O5. The molecule has 5 nitrogen and oxygen atoms in total. The summed E-state index contributed by atoms with van der Waals surface area (Å²) in [7, 11) is 1.25. The first-order chi connectivity index (χ1) is 7.70. The molecule has 2 aliphatic rings. The number of methoxy groups -OCH3 is 1. The van der Waals surface area contributed by atoms with Gasteiger partial charge in [-0.25, -0.2) is 9.59 Å². The molecule has 0 unspecified atom stereocenters. The maximum Gasteiger partial charge on any atom is 0.374 e. The topological polar surface area (TPSA) is 61.8 Å². The molecule has 0 aromatic rings. The first-order valence-corrected chi connectivity index (χ1v) is 5.38. The van der Waals surface area contributed by atoms with Gasteiger partial charge in [0.05, 0.1) is 13.2 Å².